The standard InChI is InChI=1S/C10H19NO.2C9H17NO.C8H14F3NO.C8H15F2NO.C8H16FNO.C8H15NO.2C8H17NO.C7H13F2N.C7H15NO.C7H15NS.C7H15N/c1-9(2)11-5-6-12-8-10(7-11)3-4-10;1-7(2)10-5-8-3-4-9(6-10)11-8;1-8(2)10-5-6-11-7-9(10)3-4-9;1-6(2)12-4-7(3,9)13-8(10,11)5-12;1-7(2)11-3-4-12-6-8(9,10)5-11;1-7(2)10-4-5-11-8(3,9)6-10;1-6(2)9-3-4-10-8-5-7(8)9;1-7(2)9-4-5-10-6-8(9)3;1-8(2)9-4-3-6-10-7-5-9;1-6(2)10-4-3-7(8,9)5-10;2*1-7(2)8-3-5-9-6-4-8;1-6(2)8(3)7-4-5-7/h9H,3-8H2,1-2H3;7-9H,3-6H2,1-2H3;8H,3-7H2,1-2H3;6H,4-5H2,1-3H3;7H,3-6H2,1-2H3;7H,4-6H2,1-3H3;6-8H,3-5H2,1-2H3;7-8H,4-6H2,1-3H3;8H,3-7H2,1-2H3;6H,3-5H2,1-2H3;2*7H,3-6H2,1-2H3;6-7H,4-5H2,1-3H3/t;;;;;;;8-;;;;;/m.......1...../s1. The number of thioether (sulfide) groups is 1. The third-order valence-corrected chi connectivity index (χ3v) is 29.7. The van der Waals surface area contributed by atoms with Crippen molar-refractivity contribution < 1.29 is 82.5 Å². The number of alkyl halides is 8. The van der Waals surface area contributed by atoms with Crippen molar-refractivity contribution in [2.45, 2.75) is 422 Å². The zero-order valence-corrected chi connectivity index (χ0v) is 92.6. The van der Waals surface area contributed by atoms with Crippen molar-refractivity contribution in [3.8, 4) is 0 Å². The minimum Gasteiger partial charge on any atom is -0.380 e. The molecule has 808 valence electrons. The molecule has 7 atom stereocenters. The minimum absolute atomic E-state index is 0.0329. The van der Waals surface area contributed by atoms with Crippen LogP contribution in [0.2, 0.25) is 0 Å². The predicted octanol–water partition coefficient (Wildman–Crippen LogP) is 17.3. The van der Waals surface area contributed by atoms with Crippen LogP contribution < -0.4 is 0 Å². The Morgan fingerprint density at radius 3 is 1.20 bits per heavy atom. The van der Waals surface area contributed by atoms with Crippen LogP contribution in [0.25, 0.3) is 0 Å². The maximum absolute atomic E-state index is 13.2. The van der Waals surface area contributed by atoms with E-state index in [-0.39, 0.29) is 44.2 Å². The molecule has 136 heavy (non-hydrogen) atoms. The van der Waals surface area contributed by atoms with Gasteiger partial charge < -0.3 is 47.5 Å². The summed E-state index contributed by atoms with van der Waals surface area (Å²) < 4.78 is 155. The molecule has 0 aromatic carbocycles. The van der Waals surface area contributed by atoms with Gasteiger partial charge in [0.2, 0.25) is 11.7 Å². The summed E-state index contributed by atoms with van der Waals surface area (Å²) >= 11 is 2.07. The van der Waals surface area contributed by atoms with E-state index in [9.17, 15) is 35.1 Å². The molecule has 0 radical (unpaired) electrons. The normalized spacial score (nSPS) is 29.5. The first-order chi connectivity index (χ1) is 63.6. The molecule has 4 saturated carbocycles. The van der Waals surface area contributed by atoms with Gasteiger partial charge in [-0.15, -0.1) is 0 Å². The van der Waals surface area contributed by atoms with E-state index in [2.05, 4.69) is 218 Å². The van der Waals surface area contributed by atoms with Crippen molar-refractivity contribution in [2.75, 3.05) is 248 Å². The number of morpholine rings is 7. The number of rotatable bonds is 14. The van der Waals surface area contributed by atoms with Gasteiger partial charge in [0.15, 0.2) is 0 Å². The maximum atomic E-state index is 13.2. The largest absolute Gasteiger partial charge is 0.380 e. The van der Waals surface area contributed by atoms with Crippen LogP contribution in [0.3, 0.4) is 0 Å². The molecule has 4 aliphatic carbocycles. The second-order valence-electron chi connectivity index (χ2n) is 45.1. The van der Waals surface area contributed by atoms with Gasteiger partial charge >= 0.3 is 6.11 Å². The molecule has 0 aromatic rings. The van der Waals surface area contributed by atoms with Crippen molar-refractivity contribution in [3.05, 3.63) is 0 Å². The number of ether oxygens (including phenoxy) is 10. The summed E-state index contributed by atoms with van der Waals surface area (Å²) in [6.07, 6.45) is 11.7. The first-order valence-corrected chi connectivity index (χ1v) is 54.6. The predicted molar refractivity (Wildman–Crippen MR) is 543 cm³/mol. The number of halogens is 8. The lowest BCUT2D eigenvalue weighted by molar-refractivity contribution is -0.361. The van der Waals surface area contributed by atoms with Crippen molar-refractivity contribution in [1.29, 1.82) is 0 Å². The molecular formula is C104H205F8N13O10S. The fraction of sp³-hybridized carbons (Fsp3) is 1.00. The van der Waals surface area contributed by atoms with Crippen LogP contribution in [0.1, 0.15) is 271 Å². The highest BCUT2D eigenvalue weighted by molar-refractivity contribution is 7.99. The maximum Gasteiger partial charge on any atom is 0.371 e. The topological polar surface area (TPSA) is 134 Å². The molecule has 17 fully saturated rings. The van der Waals surface area contributed by atoms with E-state index < -0.39 is 42.8 Å². The van der Waals surface area contributed by atoms with Gasteiger partial charge in [-0.25, -0.2) is 26.3 Å². The Morgan fingerprint density at radius 2 is 0.787 bits per heavy atom. The van der Waals surface area contributed by atoms with E-state index in [1.807, 2.05) is 27.7 Å². The molecule has 23 nitrogen and oxygen atoms in total. The van der Waals surface area contributed by atoms with E-state index in [1.165, 1.54) is 114 Å². The summed E-state index contributed by atoms with van der Waals surface area (Å²) in [7, 11) is 2.21. The van der Waals surface area contributed by atoms with Crippen LogP contribution in [0.4, 0.5) is 35.1 Å². The Morgan fingerprint density at radius 1 is 0.353 bits per heavy atom. The summed E-state index contributed by atoms with van der Waals surface area (Å²) in [5, 5.41) is 0. The first-order valence-electron chi connectivity index (χ1n) is 53.4. The van der Waals surface area contributed by atoms with Gasteiger partial charge in [0.05, 0.1) is 130 Å². The number of fused-ring (bicyclic) bond motifs is 3. The zero-order chi connectivity index (χ0) is 102. The first kappa shape index (κ1) is 125. The lowest BCUT2D eigenvalue weighted by Crippen LogP contribution is -2.57. The zero-order valence-electron chi connectivity index (χ0n) is 91.7. The second-order valence-corrected chi connectivity index (χ2v) is 46.3. The molecule has 6 unspecified atom stereocenters. The monoisotopic (exact) mass is 1980 g/mol. The summed E-state index contributed by atoms with van der Waals surface area (Å²) in [4.78, 5) is 29.6. The summed E-state index contributed by atoms with van der Waals surface area (Å²) in [5.41, 5.74) is 1.05. The Hall–Kier alpha value is -1.13. The van der Waals surface area contributed by atoms with E-state index >= 15 is 0 Å². The highest BCUT2D eigenvalue weighted by atomic mass is 32.2. The van der Waals surface area contributed by atoms with Gasteiger partial charge in [0, 0.05) is 237 Å². The van der Waals surface area contributed by atoms with Crippen LogP contribution in [0.15, 0.2) is 0 Å². The van der Waals surface area contributed by atoms with Gasteiger partial charge in [0.1, 0.15) is 6.61 Å². The molecule has 2 spiro atoms. The Kier molecular flexibility index (Phi) is 56.8. The molecule has 17 aliphatic rings. The lowest BCUT2D eigenvalue weighted by atomic mass is 10.1. The van der Waals surface area contributed by atoms with Crippen molar-refractivity contribution in [1.82, 2.24) is 63.7 Å². The Labute approximate surface area is 829 Å². The molecule has 13 heterocycles. The summed E-state index contributed by atoms with van der Waals surface area (Å²) in [5.74, 6) is -6.14. The van der Waals surface area contributed by atoms with Crippen LogP contribution in [0.5, 0.6) is 0 Å². The van der Waals surface area contributed by atoms with Crippen LogP contribution in [-0.4, -0.2) is 462 Å². The smallest absolute Gasteiger partial charge is 0.371 e. The van der Waals surface area contributed by atoms with Crippen molar-refractivity contribution >= 4 is 11.8 Å². The number of hydrogen-bond acceptors (Lipinski definition) is 24. The molecule has 2 bridgehead atoms. The molecule has 0 aromatic heterocycles. The molecule has 13 aliphatic heterocycles. The number of hydrogen-bond donors (Lipinski definition) is 0. The third-order valence-electron chi connectivity index (χ3n) is 28.8. The fourth-order valence-electron chi connectivity index (χ4n) is 19.0. The molecule has 0 amide bonds. The second kappa shape index (κ2) is 61.6. The van der Waals surface area contributed by atoms with Crippen LogP contribution >= 0.6 is 11.8 Å². The highest BCUT2D eigenvalue weighted by Crippen LogP contribution is 2.48. The Balaban J connectivity index is 0.000000261. The van der Waals surface area contributed by atoms with Crippen molar-refractivity contribution in [2.24, 2.45) is 5.41 Å². The summed E-state index contributed by atoms with van der Waals surface area (Å²) in [6.45, 7) is 88.2. The fourth-order valence-corrected chi connectivity index (χ4v) is 19.9. The number of likely N-dealkylation sites (tertiary alicyclic amines) is 2. The van der Waals surface area contributed by atoms with Crippen molar-refractivity contribution in [3.63, 3.8) is 0 Å². The average molecular weight is 1980 g/mol. The van der Waals surface area contributed by atoms with Gasteiger partial charge in [-0.1, -0.05) is 0 Å². The Bertz CT molecular complexity index is 2980. The average Bonchev–Trinajstić information content (AvgIpc) is 1.64. The van der Waals surface area contributed by atoms with Crippen LogP contribution in [-0.2, 0) is 47.4 Å². The molecule has 13 saturated heterocycles. The minimum atomic E-state index is -3.38. The SMILES string of the molecule is CC(C)N(C)C1CC1.CC(C)N1CC(C)(F)OC(F)(F)C1.CC(C)N1CC2CCC(C1)O2.CC(C)N1CCC(F)(F)C1.CC(C)N1CCCOCC1.CC(C)N1CCOC(C)(F)C1.CC(C)N1CCOC2CC21.CC(C)N1CCOCC(F)(F)C1.CC(C)N1CCOCC1.CC(C)N1CCOCC12CC2.CC(C)N1CCOCC2(CC2)C1.CC(C)N1CCOC[C@H]1C.CC(C)N1CCSCC1. The van der Waals surface area contributed by atoms with E-state index in [0.717, 1.165) is 169 Å². The highest BCUT2D eigenvalue weighted by Gasteiger charge is 2.52. The van der Waals surface area contributed by atoms with E-state index in [4.69, 9.17) is 42.6 Å². The van der Waals surface area contributed by atoms with Crippen LogP contribution in [0, 0.1) is 5.41 Å². The van der Waals surface area contributed by atoms with E-state index in [0.29, 0.717) is 116 Å². The molecular weight excluding hydrogens is 1780 g/mol. The molecule has 0 N–H and O–H groups in total. The third kappa shape index (κ3) is 49.6. The summed E-state index contributed by atoms with van der Waals surface area (Å²) in [6, 6.07) is 9.34. The quantitative estimate of drug-likeness (QED) is 0.153. The lowest BCUT2D eigenvalue weighted by Gasteiger charge is -2.41. The molecule has 17 rings (SSSR count). The van der Waals surface area contributed by atoms with E-state index in [1.54, 1.807) is 23.6 Å². The van der Waals surface area contributed by atoms with Gasteiger partial charge in [-0.3, -0.25) is 63.5 Å². The van der Waals surface area contributed by atoms with Gasteiger partial charge in [0.25, 0.3) is 11.8 Å². The number of nitrogens with zero attached hydrogens (tertiary/aromatic N) is 13. The molecule has 32 heteroatoms. The van der Waals surface area contributed by atoms with Gasteiger partial charge in [-0.2, -0.15) is 20.5 Å². The van der Waals surface area contributed by atoms with Gasteiger partial charge in [-0.05, 0) is 272 Å².